The summed E-state index contributed by atoms with van der Waals surface area (Å²) in [5, 5.41) is 14.5. The zero-order valence-electron chi connectivity index (χ0n) is 15.2. The molecule has 1 aromatic heterocycles. The topological polar surface area (TPSA) is 96.1 Å². The normalized spacial score (nSPS) is 16.3. The number of H-pyrrole nitrogens is 1. The van der Waals surface area contributed by atoms with Crippen LogP contribution in [-0.4, -0.2) is 42.3 Å². The molecule has 1 amide bonds. The van der Waals surface area contributed by atoms with E-state index >= 15 is 0 Å². The first-order chi connectivity index (χ1) is 13.6. The molecule has 1 fully saturated rings. The molecule has 0 unspecified atom stereocenters. The molecule has 3 aromatic rings. The molecule has 3 N–H and O–H groups in total. The maximum atomic E-state index is 12.4. The largest absolute Gasteiger partial charge is 0.465 e. The predicted molar refractivity (Wildman–Crippen MR) is 107 cm³/mol. The van der Waals surface area contributed by atoms with Gasteiger partial charge in [0.05, 0.1) is 24.1 Å². The molecular formula is C20H19ClN4O3. The van der Waals surface area contributed by atoms with Crippen molar-refractivity contribution in [2.75, 3.05) is 25.5 Å². The number of nitrogens with one attached hydrogen (secondary N) is 3. The van der Waals surface area contributed by atoms with Gasteiger partial charge in [0.1, 0.15) is 0 Å². The minimum Gasteiger partial charge on any atom is -0.465 e. The van der Waals surface area contributed by atoms with Crippen molar-refractivity contribution in [3.63, 3.8) is 0 Å². The van der Waals surface area contributed by atoms with Gasteiger partial charge in [0.25, 0.3) is 0 Å². The smallest absolute Gasteiger partial charge is 0.337 e. The van der Waals surface area contributed by atoms with Crippen LogP contribution in [0.3, 0.4) is 0 Å². The molecule has 0 saturated carbocycles. The van der Waals surface area contributed by atoms with Crippen molar-refractivity contribution in [2.24, 2.45) is 5.92 Å². The summed E-state index contributed by atoms with van der Waals surface area (Å²) in [6.45, 7) is 1.52. The number of hydrogen-bond acceptors (Lipinski definition) is 5. The number of fused-ring (bicyclic) bond motifs is 1. The first-order valence-electron chi connectivity index (χ1n) is 8.95. The van der Waals surface area contributed by atoms with Crippen molar-refractivity contribution in [2.45, 2.75) is 6.42 Å². The molecule has 4 rings (SSSR count). The summed E-state index contributed by atoms with van der Waals surface area (Å²) in [6, 6.07) is 10.6. The van der Waals surface area contributed by atoms with E-state index in [-0.39, 0.29) is 11.8 Å². The molecule has 7 nitrogen and oxygen atoms in total. The van der Waals surface area contributed by atoms with E-state index in [1.54, 1.807) is 18.2 Å². The number of carbonyl (C=O) groups is 2. The van der Waals surface area contributed by atoms with Crippen LogP contribution in [0.4, 0.5) is 5.82 Å². The van der Waals surface area contributed by atoms with Crippen LogP contribution in [0, 0.1) is 5.92 Å². The zero-order chi connectivity index (χ0) is 19.7. The lowest BCUT2D eigenvalue weighted by Crippen LogP contribution is -2.24. The molecule has 2 aromatic carbocycles. The van der Waals surface area contributed by atoms with Gasteiger partial charge in [0.15, 0.2) is 5.82 Å². The van der Waals surface area contributed by atoms with Gasteiger partial charge in [-0.1, -0.05) is 17.7 Å². The van der Waals surface area contributed by atoms with Crippen LogP contribution in [0.25, 0.3) is 22.0 Å². The number of hydrogen-bond donors (Lipinski definition) is 3. The number of rotatable bonds is 4. The van der Waals surface area contributed by atoms with Gasteiger partial charge in [0, 0.05) is 22.5 Å². The van der Waals surface area contributed by atoms with Gasteiger partial charge in [0.2, 0.25) is 5.91 Å². The molecule has 1 saturated heterocycles. The van der Waals surface area contributed by atoms with Gasteiger partial charge >= 0.3 is 5.97 Å². The van der Waals surface area contributed by atoms with Crippen LogP contribution < -0.4 is 10.6 Å². The molecule has 28 heavy (non-hydrogen) atoms. The number of carbonyl (C=O) groups excluding carboxylic acids is 2. The molecule has 0 spiro atoms. The van der Waals surface area contributed by atoms with E-state index in [9.17, 15) is 9.59 Å². The minimum absolute atomic E-state index is 0.0467. The van der Waals surface area contributed by atoms with Crippen LogP contribution >= 0.6 is 11.6 Å². The fourth-order valence-electron chi connectivity index (χ4n) is 3.37. The average molecular weight is 399 g/mol. The van der Waals surface area contributed by atoms with Crippen LogP contribution in [-0.2, 0) is 9.53 Å². The third kappa shape index (κ3) is 3.46. The quantitative estimate of drug-likeness (QED) is 0.586. The maximum absolute atomic E-state index is 12.4. The Morgan fingerprint density at radius 3 is 2.86 bits per heavy atom. The summed E-state index contributed by atoms with van der Waals surface area (Å²) >= 11 is 6.36. The Hall–Kier alpha value is -2.90. The molecule has 8 heteroatoms. The third-order valence-electron chi connectivity index (χ3n) is 4.93. The Kier molecular flexibility index (Phi) is 5.02. The lowest BCUT2D eigenvalue weighted by atomic mass is 10.0. The van der Waals surface area contributed by atoms with Crippen molar-refractivity contribution >= 4 is 40.2 Å². The third-order valence-corrected chi connectivity index (χ3v) is 5.26. The SMILES string of the molecule is COC(=O)c1ccc(Cl)c(-c2ccc3[nH]nc(NC(=O)[C@@H]4CCNC4)c3c2)c1. The van der Waals surface area contributed by atoms with Crippen molar-refractivity contribution in [3.05, 3.63) is 47.0 Å². The number of ether oxygens (including phenoxy) is 1. The summed E-state index contributed by atoms with van der Waals surface area (Å²) < 4.78 is 4.79. The summed E-state index contributed by atoms with van der Waals surface area (Å²) in [7, 11) is 1.34. The number of amides is 1. The number of benzene rings is 2. The second kappa shape index (κ2) is 7.61. The first-order valence-corrected chi connectivity index (χ1v) is 9.32. The summed E-state index contributed by atoms with van der Waals surface area (Å²) in [4.78, 5) is 24.3. The number of methoxy groups -OCH3 is 1. The van der Waals surface area contributed by atoms with Crippen LogP contribution in [0.15, 0.2) is 36.4 Å². The molecule has 144 valence electrons. The van der Waals surface area contributed by atoms with Gasteiger partial charge in [-0.2, -0.15) is 5.10 Å². The maximum Gasteiger partial charge on any atom is 0.337 e. The Morgan fingerprint density at radius 1 is 1.25 bits per heavy atom. The number of nitrogens with zero attached hydrogens (tertiary/aromatic N) is 1. The van der Waals surface area contributed by atoms with Gasteiger partial charge in [-0.3, -0.25) is 9.89 Å². The average Bonchev–Trinajstić information content (AvgIpc) is 3.38. The van der Waals surface area contributed by atoms with Gasteiger partial charge in [-0.05, 0) is 48.9 Å². The Bertz CT molecular complexity index is 1060. The standard InChI is InChI=1S/C20H19ClN4O3/c1-28-20(27)12-2-4-16(21)14(9-12)11-3-5-17-15(8-11)18(25-24-17)23-19(26)13-6-7-22-10-13/h2-5,8-9,13,22H,6-7,10H2,1H3,(H2,23,24,25,26)/t13-/m1/s1. The highest BCUT2D eigenvalue weighted by molar-refractivity contribution is 6.33. The van der Waals surface area contributed by atoms with Crippen molar-refractivity contribution in [1.82, 2.24) is 15.5 Å². The van der Waals surface area contributed by atoms with E-state index in [2.05, 4.69) is 20.8 Å². The van der Waals surface area contributed by atoms with E-state index in [4.69, 9.17) is 16.3 Å². The fourth-order valence-corrected chi connectivity index (χ4v) is 3.59. The fraction of sp³-hybridized carbons (Fsp3) is 0.250. The Morgan fingerprint density at radius 2 is 2.11 bits per heavy atom. The number of esters is 1. The minimum atomic E-state index is -0.430. The zero-order valence-corrected chi connectivity index (χ0v) is 16.0. The monoisotopic (exact) mass is 398 g/mol. The van der Waals surface area contributed by atoms with E-state index < -0.39 is 5.97 Å². The van der Waals surface area contributed by atoms with Crippen LogP contribution in [0.2, 0.25) is 5.02 Å². The van der Waals surface area contributed by atoms with E-state index in [0.717, 1.165) is 29.4 Å². The molecular weight excluding hydrogens is 380 g/mol. The molecule has 2 heterocycles. The molecule has 0 bridgehead atoms. The van der Waals surface area contributed by atoms with Crippen molar-refractivity contribution < 1.29 is 14.3 Å². The van der Waals surface area contributed by atoms with Crippen LogP contribution in [0.5, 0.6) is 0 Å². The highest BCUT2D eigenvalue weighted by atomic mass is 35.5. The second-order valence-corrected chi connectivity index (χ2v) is 7.10. The summed E-state index contributed by atoms with van der Waals surface area (Å²) in [6.07, 6.45) is 0.815. The number of aromatic amines is 1. The van der Waals surface area contributed by atoms with Gasteiger partial charge in [-0.15, -0.1) is 0 Å². The molecule has 1 atom stereocenters. The predicted octanol–water partition coefficient (Wildman–Crippen LogP) is 3.22. The second-order valence-electron chi connectivity index (χ2n) is 6.70. The molecule has 1 aliphatic heterocycles. The van der Waals surface area contributed by atoms with Crippen LogP contribution in [0.1, 0.15) is 16.8 Å². The first kappa shape index (κ1) is 18.5. The van der Waals surface area contributed by atoms with Crippen molar-refractivity contribution in [1.29, 1.82) is 0 Å². The van der Waals surface area contributed by atoms with Crippen molar-refractivity contribution in [3.8, 4) is 11.1 Å². The van der Waals surface area contributed by atoms with E-state index in [0.29, 0.717) is 28.5 Å². The molecule has 1 aliphatic rings. The highest BCUT2D eigenvalue weighted by Gasteiger charge is 2.23. The summed E-state index contributed by atoms with van der Waals surface area (Å²) in [5.41, 5.74) is 2.72. The van der Waals surface area contributed by atoms with E-state index in [1.165, 1.54) is 7.11 Å². The Labute approximate surface area is 166 Å². The lowest BCUT2D eigenvalue weighted by molar-refractivity contribution is -0.119. The lowest BCUT2D eigenvalue weighted by Gasteiger charge is -2.09. The molecule has 0 aliphatic carbocycles. The summed E-state index contributed by atoms with van der Waals surface area (Å²) in [5.74, 6) is -0.0509. The highest BCUT2D eigenvalue weighted by Crippen LogP contribution is 2.33. The number of anilines is 1. The number of halogens is 1. The van der Waals surface area contributed by atoms with E-state index in [1.807, 2.05) is 18.2 Å². The van der Waals surface area contributed by atoms with Gasteiger partial charge < -0.3 is 15.4 Å². The Balaban J connectivity index is 1.70. The molecule has 0 radical (unpaired) electrons. The number of aromatic nitrogens is 2. The van der Waals surface area contributed by atoms with Gasteiger partial charge in [-0.25, -0.2) is 4.79 Å².